The van der Waals surface area contributed by atoms with Gasteiger partial charge in [-0.25, -0.2) is 4.79 Å². The van der Waals surface area contributed by atoms with Gasteiger partial charge in [0.1, 0.15) is 0 Å². The summed E-state index contributed by atoms with van der Waals surface area (Å²) < 4.78 is 11.0. The molecule has 0 aromatic heterocycles. The molecule has 1 N–H and O–H groups in total. The van der Waals surface area contributed by atoms with Gasteiger partial charge in [-0.2, -0.15) is 0 Å². The van der Waals surface area contributed by atoms with Crippen molar-refractivity contribution in [2.45, 2.75) is 44.4 Å². The van der Waals surface area contributed by atoms with E-state index in [9.17, 15) is 4.79 Å². The smallest absolute Gasteiger partial charge is 0.409 e. The van der Waals surface area contributed by atoms with E-state index in [0.717, 1.165) is 39.0 Å². The number of benzene rings is 1. The van der Waals surface area contributed by atoms with Crippen LogP contribution in [-0.4, -0.2) is 49.4 Å². The van der Waals surface area contributed by atoms with Gasteiger partial charge in [-0.15, -0.1) is 0 Å². The second kappa shape index (κ2) is 7.79. The van der Waals surface area contributed by atoms with E-state index in [1.807, 2.05) is 17.9 Å². The number of nitrogens with zero attached hydrogens (tertiary/aromatic N) is 1. The Balaban J connectivity index is 1.51. The minimum atomic E-state index is -0.183. The van der Waals surface area contributed by atoms with Crippen molar-refractivity contribution in [1.82, 2.24) is 10.2 Å². The van der Waals surface area contributed by atoms with E-state index in [4.69, 9.17) is 9.47 Å². The first kappa shape index (κ1) is 16.3. The largest absolute Gasteiger partial charge is 0.450 e. The molecular formula is C18H26N2O3. The molecule has 1 amide bonds. The Morgan fingerprint density at radius 1 is 1.26 bits per heavy atom. The van der Waals surface area contributed by atoms with Crippen LogP contribution in [0.15, 0.2) is 30.3 Å². The van der Waals surface area contributed by atoms with Gasteiger partial charge in [0.15, 0.2) is 0 Å². The van der Waals surface area contributed by atoms with Crippen molar-refractivity contribution in [1.29, 1.82) is 0 Å². The molecule has 2 heterocycles. The lowest BCUT2D eigenvalue weighted by molar-refractivity contribution is 0.0834. The molecule has 5 nitrogen and oxygen atoms in total. The summed E-state index contributed by atoms with van der Waals surface area (Å²) in [6, 6.07) is 11.2. The molecule has 0 aliphatic carbocycles. The highest BCUT2D eigenvalue weighted by atomic mass is 16.6. The molecule has 23 heavy (non-hydrogen) atoms. The van der Waals surface area contributed by atoms with Crippen LogP contribution >= 0.6 is 0 Å². The van der Waals surface area contributed by atoms with Crippen LogP contribution in [-0.2, 0) is 9.47 Å². The summed E-state index contributed by atoms with van der Waals surface area (Å²) in [6.07, 6.45) is 2.93. The molecule has 2 fully saturated rings. The molecule has 5 heteroatoms. The van der Waals surface area contributed by atoms with E-state index < -0.39 is 0 Å². The van der Waals surface area contributed by atoms with Crippen molar-refractivity contribution >= 4 is 6.09 Å². The van der Waals surface area contributed by atoms with Crippen LogP contribution in [0.2, 0.25) is 0 Å². The third-order valence-corrected chi connectivity index (χ3v) is 4.69. The van der Waals surface area contributed by atoms with Gasteiger partial charge in [0.25, 0.3) is 0 Å². The molecule has 0 spiro atoms. The van der Waals surface area contributed by atoms with Gasteiger partial charge in [-0.05, 0) is 31.7 Å². The van der Waals surface area contributed by atoms with Gasteiger partial charge in [0, 0.05) is 31.8 Å². The SMILES string of the molecule is CCOC(=O)N1CCC(N[C@H]2CCO[C@H]2c2ccccc2)CC1. The Bertz CT molecular complexity index is 500. The van der Waals surface area contributed by atoms with Crippen LogP contribution in [0.3, 0.4) is 0 Å². The number of piperidine rings is 1. The topological polar surface area (TPSA) is 50.8 Å². The number of likely N-dealkylation sites (tertiary alicyclic amines) is 1. The second-order valence-electron chi connectivity index (χ2n) is 6.22. The van der Waals surface area contributed by atoms with Crippen molar-refractivity contribution in [3.63, 3.8) is 0 Å². The maximum absolute atomic E-state index is 11.7. The summed E-state index contributed by atoms with van der Waals surface area (Å²) in [4.78, 5) is 13.6. The molecule has 0 bridgehead atoms. The predicted octanol–water partition coefficient (Wildman–Crippen LogP) is 2.73. The maximum atomic E-state index is 11.7. The number of carbonyl (C=O) groups is 1. The first-order valence-corrected chi connectivity index (χ1v) is 8.62. The molecule has 126 valence electrons. The summed E-state index contributed by atoms with van der Waals surface area (Å²) in [5, 5.41) is 3.75. The molecule has 2 aliphatic heterocycles. The van der Waals surface area contributed by atoms with E-state index in [0.29, 0.717) is 18.7 Å². The van der Waals surface area contributed by atoms with E-state index in [2.05, 4.69) is 29.6 Å². The van der Waals surface area contributed by atoms with Crippen LogP contribution < -0.4 is 5.32 Å². The highest BCUT2D eigenvalue weighted by Crippen LogP contribution is 2.30. The normalized spacial score (nSPS) is 25.5. The molecule has 2 aliphatic rings. The standard InChI is InChI=1S/C18H26N2O3/c1-2-22-18(21)20-11-8-15(9-12-20)19-16-10-13-23-17(16)14-6-4-3-5-7-14/h3-7,15-17,19H,2,8-13H2,1H3/t16-,17-/m0/s1. The van der Waals surface area contributed by atoms with Crippen LogP contribution in [0.25, 0.3) is 0 Å². The number of carbonyl (C=O) groups excluding carboxylic acids is 1. The van der Waals surface area contributed by atoms with Crippen LogP contribution in [0, 0.1) is 0 Å². The van der Waals surface area contributed by atoms with Gasteiger partial charge < -0.3 is 19.7 Å². The van der Waals surface area contributed by atoms with Gasteiger partial charge in [0.05, 0.1) is 12.7 Å². The van der Waals surface area contributed by atoms with Crippen LogP contribution in [0.4, 0.5) is 4.79 Å². The number of hydrogen-bond donors (Lipinski definition) is 1. The fourth-order valence-corrected chi connectivity index (χ4v) is 3.48. The van der Waals surface area contributed by atoms with E-state index in [-0.39, 0.29) is 12.2 Å². The summed E-state index contributed by atoms with van der Waals surface area (Å²) in [5.41, 5.74) is 1.24. The zero-order valence-electron chi connectivity index (χ0n) is 13.7. The van der Waals surface area contributed by atoms with Crippen molar-refractivity contribution in [3.05, 3.63) is 35.9 Å². The zero-order valence-corrected chi connectivity index (χ0v) is 13.7. The molecule has 0 saturated carbocycles. The van der Waals surface area contributed by atoms with Gasteiger partial charge in [0.2, 0.25) is 0 Å². The Morgan fingerprint density at radius 3 is 2.70 bits per heavy atom. The van der Waals surface area contributed by atoms with Crippen molar-refractivity contribution in [3.8, 4) is 0 Å². The number of hydrogen-bond acceptors (Lipinski definition) is 4. The monoisotopic (exact) mass is 318 g/mol. The Labute approximate surface area is 137 Å². The molecule has 0 radical (unpaired) electrons. The number of rotatable bonds is 4. The average Bonchev–Trinajstić information content (AvgIpc) is 3.05. The molecule has 2 atom stereocenters. The van der Waals surface area contributed by atoms with Crippen LogP contribution in [0.1, 0.15) is 37.9 Å². The van der Waals surface area contributed by atoms with Crippen LogP contribution in [0.5, 0.6) is 0 Å². The van der Waals surface area contributed by atoms with Crippen molar-refractivity contribution in [2.75, 3.05) is 26.3 Å². The minimum absolute atomic E-state index is 0.138. The molecule has 2 saturated heterocycles. The third kappa shape index (κ3) is 4.03. The lowest BCUT2D eigenvalue weighted by Gasteiger charge is -2.34. The fraction of sp³-hybridized carbons (Fsp3) is 0.611. The second-order valence-corrected chi connectivity index (χ2v) is 6.22. The highest BCUT2D eigenvalue weighted by molar-refractivity contribution is 5.67. The predicted molar refractivity (Wildman–Crippen MR) is 88.3 cm³/mol. The zero-order chi connectivity index (χ0) is 16.1. The molecule has 1 aromatic carbocycles. The summed E-state index contributed by atoms with van der Waals surface area (Å²) in [7, 11) is 0. The molecule has 0 unspecified atom stereocenters. The summed E-state index contributed by atoms with van der Waals surface area (Å²) in [6.45, 7) is 4.62. The quantitative estimate of drug-likeness (QED) is 0.927. The number of nitrogens with one attached hydrogen (secondary N) is 1. The minimum Gasteiger partial charge on any atom is -0.450 e. The Kier molecular flexibility index (Phi) is 5.51. The fourth-order valence-electron chi connectivity index (χ4n) is 3.48. The van der Waals surface area contributed by atoms with E-state index in [1.54, 1.807) is 0 Å². The lowest BCUT2D eigenvalue weighted by atomic mass is 9.98. The summed E-state index contributed by atoms with van der Waals surface area (Å²) in [5.74, 6) is 0. The average molecular weight is 318 g/mol. The Hall–Kier alpha value is -1.59. The van der Waals surface area contributed by atoms with E-state index in [1.165, 1.54) is 5.56 Å². The van der Waals surface area contributed by atoms with Crippen molar-refractivity contribution in [2.24, 2.45) is 0 Å². The van der Waals surface area contributed by atoms with Gasteiger partial charge in [-0.3, -0.25) is 0 Å². The van der Waals surface area contributed by atoms with Crippen molar-refractivity contribution < 1.29 is 14.3 Å². The first-order chi connectivity index (χ1) is 11.3. The molecular weight excluding hydrogens is 292 g/mol. The maximum Gasteiger partial charge on any atom is 0.409 e. The molecule has 3 rings (SSSR count). The first-order valence-electron chi connectivity index (χ1n) is 8.62. The number of ether oxygens (including phenoxy) is 2. The van der Waals surface area contributed by atoms with E-state index >= 15 is 0 Å². The summed E-state index contributed by atoms with van der Waals surface area (Å²) >= 11 is 0. The lowest BCUT2D eigenvalue weighted by Crippen LogP contribution is -2.48. The van der Waals surface area contributed by atoms with Gasteiger partial charge >= 0.3 is 6.09 Å². The Morgan fingerprint density at radius 2 is 2.00 bits per heavy atom. The highest BCUT2D eigenvalue weighted by Gasteiger charge is 2.32. The number of amides is 1. The third-order valence-electron chi connectivity index (χ3n) is 4.69. The van der Waals surface area contributed by atoms with Gasteiger partial charge in [-0.1, -0.05) is 30.3 Å². The molecule has 1 aromatic rings.